The van der Waals surface area contributed by atoms with Gasteiger partial charge in [-0.25, -0.2) is 4.39 Å². The van der Waals surface area contributed by atoms with Crippen LogP contribution < -0.4 is 5.32 Å². The number of nitrogens with one attached hydrogen (secondary N) is 1. The van der Waals surface area contributed by atoms with E-state index in [-0.39, 0.29) is 30.0 Å². The summed E-state index contributed by atoms with van der Waals surface area (Å²) in [4.78, 5) is 26.2. The maximum absolute atomic E-state index is 12.9. The van der Waals surface area contributed by atoms with Crippen molar-refractivity contribution in [2.75, 3.05) is 19.6 Å². The summed E-state index contributed by atoms with van der Waals surface area (Å²) in [6.07, 6.45) is 9.01. The second-order valence-electron chi connectivity index (χ2n) is 7.27. The predicted molar refractivity (Wildman–Crippen MR) is 99.0 cm³/mol. The molecule has 1 atom stereocenters. The summed E-state index contributed by atoms with van der Waals surface area (Å²) >= 11 is 0. The van der Waals surface area contributed by atoms with E-state index in [0.717, 1.165) is 24.8 Å². The number of allylic oxidation sites excluding steroid dienone is 1. The Morgan fingerprint density at radius 3 is 2.73 bits per heavy atom. The largest absolute Gasteiger partial charge is 0.355 e. The van der Waals surface area contributed by atoms with E-state index in [1.165, 1.54) is 30.5 Å². The third-order valence-corrected chi connectivity index (χ3v) is 5.30. The third-order valence-electron chi connectivity index (χ3n) is 5.30. The van der Waals surface area contributed by atoms with Crippen molar-refractivity contribution in [2.45, 2.75) is 44.9 Å². The van der Waals surface area contributed by atoms with Gasteiger partial charge in [0.15, 0.2) is 0 Å². The smallest absolute Gasteiger partial charge is 0.225 e. The number of benzene rings is 1. The Labute approximate surface area is 154 Å². The highest BCUT2D eigenvalue weighted by Gasteiger charge is 2.33. The molecular weight excluding hydrogens is 331 g/mol. The minimum atomic E-state index is -0.258. The number of rotatable bonds is 7. The highest BCUT2D eigenvalue weighted by atomic mass is 19.1. The molecule has 4 nitrogen and oxygen atoms in total. The quantitative estimate of drug-likeness (QED) is 0.761. The maximum atomic E-state index is 12.9. The van der Waals surface area contributed by atoms with Crippen molar-refractivity contribution in [2.24, 2.45) is 5.92 Å². The van der Waals surface area contributed by atoms with E-state index in [1.54, 1.807) is 17.0 Å². The lowest BCUT2D eigenvalue weighted by atomic mass is 9.97. The first-order valence-electron chi connectivity index (χ1n) is 9.59. The minimum Gasteiger partial charge on any atom is -0.355 e. The van der Waals surface area contributed by atoms with Gasteiger partial charge in [0.05, 0.1) is 5.92 Å². The molecule has 26 heavy (non-hydrogen) atoms. The molecular formula is C21H27FN2O2. The van der Waals surface area contributed by atoms with Crippen molar-refractivity contribution in [1.29, 1.82) is 0 Å². The van der Waals surface area contributed by atoms with Crippen LogP contribution in [0.15, 0.2) is 35.9 Å². The van der Waals surface area contributed by atoms with Crippen LogP contribution in [0, 0.1) is 11.7 Å². The van der Waals surface area contributed by atoms with Crippen LogP contribution in [0.1, 0.15) is 44.1 Å². The van der Waals surface area contributed by atoms with Crippen LogP contribution in [-0.4, -0.2) is 36.3 Å². The van der Waals surface area contributed by atoms with Crippen molar-refractivity contribution >= 4 is 11.8 Å². The first-order chi connectivity index (χ1) is 12.6. The molecule has 1 saturated heterocycles. The topological polar surface area (TPSA) is 49.4 Å². The zero-order chi connectivity index (χ0) is 18.4. The summed E-state index contributed by atoms with van der Waals surface area (Å²) in [7, 11) is 0. The van der Waals surface area contributed by atoms with Gasteiger partial charge in [-0.1, -0.05) is 23.8 Å². The van der Waals surface area contributed by atoms with Crippen molar-refractivity contribution < 1.29 is 14.0 Å². The number of likely N-dealkylation sites (tertiary alicyclic amines) is 1. The second kappa shape index (κ2) is 8.97. The van der Waals surface area contributed by atoms with E-state index < -0.39 is 0 Å². The Balaban J connectivity index is 1.40. The summed E-state index contributed by atoms with van der Waals surface area (Å²) in [5.41, 5.74) is 2.44. The zero-order valence-corrected chi connectivity index (χ0v) is 15.2. The highest BCUT2D eigenvalue weighted by Crippen LogP contribution is 2.21. The van der Waals surface area contributed by atoms with Gasteiger partial charge in [-0.05, 0) is 56.2 Å². The second-order valence-corrected chi connectivity index (χ2v) is 7.27. The van der Waals surface area contributed by atoms with Gasteiger partial charge in [0, 0.05) is 26.1 Å². The van der Waals surface area contributed by atoms with Crippen LogP contribution in [0.3, 0.4) is 0 Å². The first kappa shape index (κ1) is 18.6. The van der Waals surface area contributed by atoms with Crippen molar-refractivity contribution in [3.63, 3.8) is 0 Å². The van der Waals surface area contributed by atoms with E-state index in [9.17, 15) is 14.0 Å². The van der Waals surface area contributed by atoms with E-state index in [4.69, 9.17) is 0 Å². The molecule has 2 amide bonds. The molecule has 1 aliphatic heterocycles. The van der Waals surface area contributed by atoms with Crippen LogP contribution in [0.2, 0.25) is 0 Å². The molecule has 1 N–H and O–H groups in total. The Morgan fingerprint density at radius 2 is 2.00 bits per heavy atom. The molecule has 2 aliphatic rings. The number of amides is 2. The monoisotopic (exact) mass is 358 g/mol. The molecule has 0 spiro atoms. The van der Waals surface area contributed by atoms with E-state index in [0.29, 0.717) is 26.1 Å². The fourth-order valence-electron chi connectivity index (χ4n) is 3.70. The molecule has 0 saturated carbocycles. The number of nitrogens with zero attached hydrogens (tertiary/aromatic N) is 1. The van der Waals surface area contributed by atoms with Gasteiger partial charge in [0.2, 0.25) is 11.8 Å². The Bertz CT molecular complexity index is 669. The standard InChI is InChI=1S/C21H27FN2O2/c22-19-8-6-17(7-9-19)11-13-24-15-18(14-20(24)25)21(26)23-12-10-16-4-2-1-3-5-16/h4,6-9,18H,1-3,5,10-15H2,(H,23,26). The van der Waals surface area contributed by atoms with Crippen molar-refractivity contribution in [1.82, 2.24) is 10.2 Å². The van der Waals surface area contributed by atoms with Crippen LogP contribution in [-0.2, 0) is 16.0 Å². The molecule has 0 radical (unpaired) electrons. The van der Waals surface area contributed by atoms with Crippen LogP contribution in [0.4, 0.5) is 4.39 Å². The average molecular weight is 358 g/mol. The van der Waals surface area contributed by atoms with Crippen molar-refractivity contribution in [3.05, 3.63) is 47.3 Å². The van der Waals surface area contributed by atoms with Gasteiger partial charge in [-0.15, -0.1) is 0 Å². The molecule has 5 heteroatoms. The van der Waals surface area contributed by atoms with E-state index in [2.05, 4.69) is 11.4 Å². The summed E-state index contributed by atoms with van der Waals surface area (Å²) in [5, 5.41) is 2.99. The van der Waals surface area contributed by atoms with E-state index >= 15 is 0 Å². The van der Waals surface area contributed by atoms with Gasteiger partial charge in [0.1, 0.15) is 5.82 Å². The maximum Gasteiger partial charge on any atom is 0.225 e. The molecule has 1 unspecified atom stereocenters. The SMILES string of the molecule is O=C(NCCC1=CCCCC1)C1CC(=O)N(CCc2ccc(F)cc2)C1. The summed E-state index contributed by atoms with van der Waals surface area (Å²) in [5.74, 6) is -0.496. The highest BCUT2D eigenvalue weighted by molar-refractivity contribution is 5.89. The zero-order valence-electron chi connectivity index (χ0n) is 15.2. The number of carbonyl (C=O) groups is 2. The minimum absolute atomic E-state index is 0.0148. The summed E-state index contributed by atoms with van der Waals surface area (Å²) < 4.78 is 12.9. The predicted octanol–water partition coefficient (Wildman–Crippen LogP) is 3.22. The number of hydrogen-bond acceptors (Lipinski definition) is 2. The van der Waals surface area contributed by atoms with Gasteiger partial charge in [-0.3, -0.25) is 9.59 Å². The van der Waals surface area contributed by atoms with Crippen LogP contribution in [0.25, 0.3) is 0 Å². The average Bonchev–Trinajstić information content (AvgIpc) is 3.03. The van der Waals surface area contributed by atoms with Gasteiger partial charge >= 0.3 is 0 Å². The molecule has 140 valence electrons. The normalized spacial score (nSPS) is 20.2. The van der Waals surface area contributed by atoms with Gasteiger partial charge in [-0.2, -0.15) is 0 Å². The molecule has 1 heterocycles. The number of carbonyl (C=O) groups excluding carboxylic acids is 2. The molecule has 1 fully saturated rings. The summed E-state index contributed by atoms with van der Waals surface area (Å²) in [6, 6.07) is 6.33. The third kappa shape index (κ3) is 5.16. The lowest BCUT2D eigenvalue weighted by Gasteiger charge is -2.17. The molecule has 0 bridgehead atoms. The first-order valence-corrected chi connectivity index (χ1v) is 9.59. The summed E-state index contributed by atoms with van der Waals surface area (Å²) in [6.45, 7) is 1.71. The fraction of sp³-hybridized carbons (Fsp3) is 0.524. The van der Waals surface area contributed by atoms with Crippen molar-refractivity contribution in [3.8, 4) is 0 Å². The number of hydrogen-bond donors (Lipinski definition) is 1. The Hall–Kier alpha value is -2.17. The van der Waals surface area contributed by atoms with Crippen LogP contribution >= 0.6 is 0 Å². The number of halogens is 1. The van der Waals surface area contributed by atoms with Gasteiger partial charge in [0.25, 0.3) is 0 Å². The molecule has 3 rings (SSSR count). The lowest BCUT2D eigenvalue weighted by Crippen LogP contribution is -2.34. The fourth-order valence-corrected chi connectivity index (χ4v) is 3.70. The lowest BCUT2D eigenvalue weighted by molar-refractivity contribution is -0.129. The molecule has 1 aromatic rings. The Morgan fingerprint density at radius 1 is 1.19 bits per heavy atom. The van der Waals surface area contributed by atoms with E-state index in [1.807, 2.05) is 0 Å². The van der Waals surface area contributed by atoms with Crippen LogP contribution in [0.5, 0.6) is 0 Å². The Kier molecular flexibility index (Phi) is 6.42. The molecule has 0 aromatic heterocycles. The van der Waals surface area contributed by atoms with Gasteiger partial charge < -0.3 is 10.2 Å². The molecule has 1 aliphatic carbocycles. The molecule has 1 aromatic carbocycles.